The summed E-state index contributed by atoms with van der Waals surface area (Å²) in [6.07, 6.45) is 7.43. The van der Waals surface area contributed by atoms with Crippen molar-refractivity contribution in [3.63, 3.8) is 0 Å². The number of thiophene rings is 1. The number of nitrogens with zero attached hydrogens (tertiary/aromatic N) is 1. The molecule has 0 aromatic carbocycles. The first-order valence-electron chi connectivity index (χ1n) is 8.49. The number of carboxylic acid groups (broad SMARTS) is 1. The Kier molecular flexibility index (Phi) is 5.06. The van der Waals surface area contributed by atoms with Crippen molar-refractivity contribution in [2.45, 2.75) is 57.1 Å². The SMILES string of the molecule is CN(c1cc(C2=CCC(=N)CC2)sc1C(=O)O)C1CCC(O)CC1. The fourth-order valence-corrected chi connectivity index (χ4v) is 4.66. The summed E-state index contributed by atoms with van der Waals surface area (Å²) >= 11 is 1.34. The van der Waals surface area contributed by atoms with E-state index in [2.05, 4.69) is 11.0 Å². The molecule has 0 bridgehead atoms. The molecule has 0 saturated heterocycles. The maximum atomic E-state index is 11.7. The van der Waals surface area contributed by atoms with Crippen molar-refractivity contribution in [1.82, 2.24) is 0 Å². The Balaban J connectivity index is 1.86. The van der Waals surface area contributed by atoms with Gasteiger partial charge in [-0.25, -0.2) is 4.79 Å². The fourth-order valence-electron chi connectivity index (χ4n) is 3.56. The minimum Gasteiger partial charge on any atom is -0.477 e. The number of aliphatic hydroxyl groups is 1. The molecule has 1 aromatic rings. The Morgan fingerprint density at radius 3 is 2.58 bits per heavy atom. The molecule has 0 unspecified atom stereocenters. The highest BCUT2D eigenvalue weighted by Crippen LogP contribution is 2.39. The molecular weight excluding hydrogens is 324 g/mol. The molecule has 2 aliphatic carbocycles. The normalized spacial score (nSPS) is 24.6. The number of aromatic carboxylic acids is 1. The zero-order valence-corrected chi connectivity index (χ0v) is 14.7. The van der Waals surface area contributed by atoms with Gasteiger partial charge in [0.25, 0.3) is 0 Å². The third-order valence-corrected chi connectivity index (χ3v) is 6.30. The number of allylic oxidation sites excluding steroid dienone is 2. The average Bonchev–Trinajstić information content (AvgIpc) is 3.01. The summed E-state index contributed by atoms with van der Waals surface area (Å²) in [7, 11) is 1.96. The van der Waals surface area contributed by atoms with E-state index in [1.165, 1.54) is 11.3 Å². The van der Waals surface area contributed by atoms with Crippen LogP contribution in [-0.2, 0) is 0 Å². The molecule has 3 rings (SSSR count). The summed E-state index contributed by atoms with van der Waals surface area (Å²) < 4.78 is 0. The van der Waals surface area contributed by atoms with Crippen LogP contribution in [0.3, 0.4) is 0 Å². The lowest BCUT2D eigenvalue weighted by molar-refractivity contribution is 0.0702. The summed E-state index contributed by atoms with van der Waals surface area (Å²) in [6.45, 7) is 0. The van der Waals surface area contributed by atoms with E-state index in [9.17, 15) is 15.0 Å². The molecule has 0 amide bonds. The van der Waals surface area contributed by atoms with E-state index in [4.69, 9.17) is 5.41 Å². The summed E-state index contributed by atoms with van der Waals surface area (Å²) in [5.74, 6) is -0.881. The molecule has 0 spiro atoms. The molecule has 0 aliphatic heterocycles. The van der Waals surface area contributed by atoms with Gasteiger partial charge in [-0.1, -0.05) is 6.08 Å². The third kappa shape index (κ3) is 3.54. The van der Waals surface area contributed by atoms with Crippen LogP contribution in [0.4, 0.5) is 5.69 Å². The van der Waals surface area contributed by atoms with E-state index < -0.39 is 5.97 Å². The Morgan fingerprint density at radius 1 is 1.29 bits per heavy atom. The van der Waals surface area contributed by atoms with E-state index in [0.29, 0.717) is 11.3 Å². The van der Waals surface area contributed by atoms with Crippen molar-refractivity contribution >= 4 is 34.3 Å². The van der Waals surface area contributed by atoms with Crippen molar-refractivity contribution in [3.8, 4) is 0 Å². The van der Waals surface area contributed by atoms with Crippen LogP contribution >= 0.6 is 11.3 Å². The molecular formula is C18H24N2O3S. The Hall–Kier alpha value is -1.66. The molecule has 1 saturated carbocycles. The van der Waals surface area contributed by atoms with Gasteiger partial charge in [0.05, 0.1) is 11.8 Å². The van der Waals surface area contributed by atoms with Crippen LogP contribution in [0.15, 0.2) is 12.1 Å². The summed E-state index contributed by atoms with van der Waals surface area (Å²) in [4.78, 5) is 15.2. The zero-order chi connectivity index (χ0) is 17.3. The standard InChI is InChI=1S/C18H24N2O3S/c1-20(13-6-8-14(21)9-7-13)15-10-16(24-17(15)18(22)23)11-2-4-12(19)5-3-11/h2,10,13-14,19,21H,3-9H2,1H3,(H,22,23). The first-order chi connectivity index (χ1) is 11.5. The van der Waals surface area contributed by atoms with Crippen LogP contribution in [0.1, 0.15) is 59.5 Å². The number of hydrogen-bond acceptors (Lipinski definition) is 5. The number of aliphatic hydroxyl groups excluding tert-OH is 1. The molecule has 24 heavy (non-hydrogen) atoms. The van der Waals surface area contributed by atoms with Crippen molar-refractivity contribution in [2.75, 3.05) is 11.9 Å². The van der Waals surface area contributed by atoms with Gasteiger partial charge in [-0.3, -0.25) is 0 Å². The van der Waals surface area contributed by atoms with Crippen LogP contribution in [0.5, 0.6) is 0 Å². The van der Waals surface area contributed by atoms with Crippen LogP contribution in [-0.4, -0.2) is 41.1 Å². The second kappa shape index (κ2) is 7.07. The van der Waals surface area contributed by atoms with E-state index in [-0.39, 0.29) is 12.1 Å². The van der Waals surface area contributed by atoms with Gasteiger partial charge < -0.3 is 20.5 Å². The molecule has 2 aliphatic rings. The van der Waals surface area contributed by atoms with Gasteiger partial charge >= 0.3 is 5.97 Å². The van der Waals surface area contributed by atoms with E-state index in [1.54, 1.807) is 0 Å². The minimum absolute atomic E-state index is 0.214. The van der Waals surface area contributed by atoms with Crippen molar-refractivity contribution in [3.05, 3.63) is 21.9 Å². The van der Waals surface area contributed by atoms with Crippen LogP contribution < -0.4 is 4.90 Å². The van der Waals surface area contributed by atoms with E-state index in [1.807, 2.05) is 13.1 Å². The second-order valence-electron chi connectivity index (χ2n) is 6.74. The molecule has 1 heterocycles. The van der Waals surface area contributed by atoms with Crippen molar-refractivity contribution in [2.24, 2.45) is 0 Å². The smallest absolute Gasteiger partial charge is 0.348 e. The number of nitrogens with one attached hydrogen (secondary N) is 1. The predicted molar refractivity (Wildman–Crippen MR) is 97.5 cm³/mol. The summed E-state index contributed by atoms with van der Waals surface area (Å²) in [5, 5.41) is 27.0. The molecule has 5 nitrogen and oxygen atoms in total. The van der Waals surface area contributed by atoms with Crippen LogP contribution in [0.2, 0.25) is 0 Å². The highest BCUT2D eigenvalue weighted by molar-refractivity contribution is 7.15. The highest BCUT2D eigenvalue weighted by atomic mass is 32.1. The van der Waals surface area contributed by atoms with Gasteiger partial charge in [-0.2, -0.15) is 0 Å². The largest absolute Gasteiger partial charge is 0.477 e. The van der Waals surface area contributed by atoms with E-state index >= 15 is 0 Å². The lowest BCUT2D eigenvalue weighted by Gasteiger charge is -2.34. The van der Waals surface area contributed by atoms with E-state index in [0.717, 1.165) is 60.4 Å². The molecule has 1 fully saturated rings. The molecule has 6 heteroatoms. The van der Waals surface area contributed by atoms with Gasteiger partial charge in [-0.15, -0.1) is 11.3 Å². The lowest BCUT2D eigenvalue weighted by atomic mass is 9.92. The zero-order valence-electron chi connectivity index (χ0n) is 13.9. The molecule has 0 atom stereocenters. The highest BCUT2D eigenvalue weighted by Gasteiger charge is 2.27. The minimum atomic E-state index is -0.881. The average molecular weight is 348 g/mol. The van der Waals surface area contributed by atoms with Crippen LogP contribution in [0, 0.1) is 5.41 Å². The van der Waals surface area contributed by atoms with Gasteiger partial charge in [0.1, 0.15) is 4.88 Å². The fraction of sp³-hybridized carbons (Fsp3) is 0.556. The molecule has 1 aromatic heterocycles. The number of carbonyl (C=O) groups is 1. The van der Waals surface area contributed by atoms with Crippen molar-refractivity contribution < 1.29 is 15.0 Å². The van der Waals surface area contributed by atoms with Gasteiger partial charge in [0.15, 0.2) is 0 Å². The maximum Gasteiger partial charge on any atom is 0.348 e. The second-order valence-corrected chi connectivity index (χ2v) is 7.79. The first-order valence-corrected chi connectivity index (χ1v) is 9.31. The maximum absolute atomic E-state index is 11.7. The quantitative estimate of drug-likeness (QED) is 0.773. The Morgan fingerprint density at radius 2 is 2.00 bits per heavy atom. The Bertz CT molecular complexity index is 672. The summed E-state index contributed by atoms with van der Waals surface area (Å²) in [6, 6.07) is 2.28. The molecule has 130 valence electrons. The number of rotatable bonds is 4. The predicted octanol–water partition coefficient (Wildman–Crippen LogP) is 3.77. The Labute approximate surface area is 146 Å². The summed E-state index contributed by atoms with van der Waals surface area (Å²) in [5.41, 5.74) is 2.69. The molecule has 0 radical (unpaired) electrons. The topological polar surface area (TPSA) is 84.6 Å². The lowest BCUT2D eigenvalue weighted by Crippen LogP contribution is -2.36. The van der Waals surface area contributed by atoms with Crippen LogP contribution in [0.25, 0.3) is 5.57 Å². The van der Waals surface area contributed by atoms with Gasteiger partial charge in [0.2, 0.25) is 0 Å². The number of anilines is 1. The number of hydrogen-bond donors (Lipinski definition) is 3. The molecule has 3 N–H and O–H groups in total. The van der Waals surface area contributed by atoms with Gasteiger partial charge in [0, 0.05) is 30.1 Å². The first kappa shape index (κ1) is 17.2. The number of carboxylic acids is 1. The monoisotopic (exact) mass is 348 g/mol. The van der Waals surface area contributed by atoms with Gasteiger partial charge in [-0.05, 0) is 50.2 Å². The van der Waals surface area contributed by atoms with Crippen molar-refractivity contribution in [1.29, 1.82) is 5.41 Å². The third-order valence-electron chi connectivity index (χ3n) is 5.11.